The van der Waals surface area contributed by atoms with Crippen LogP contribution in [0.2, 0.25) is 0 Å². The number of rotatable bonds is 3. The molecule has 0 amide bonds. The molecule has 0 radical (unpaired) electrons. The molecule has 0 atom stereocenters. The van der Waals surface area contributed by atoms with Crippen LogP contribution in [0, 0.1) is 19.7 Å². The smallest absolute Gasteiger partial charge is 0.130 e. The van der Waals surface area contributed by atoms with Crippen molar-refractivity contribution >= 4 is 6.08 Å². The highest BCUT2D eigenvalue weighted by Gasteiger charge is 2.04. The first-order valence-corrected chi connectivity index (χ1v) is 6.07. The van der Waals surface area contributed by atoms with Gasteiger partial charge < -0.3 is 0 Å². The predicted octanol–water partition coefficient (Wildman–Crippen LogP) is 4.68. The molecular weight excluding hydrogens is 223 g/mol. The van der Waals surface area contributed by atoms with E-state index in [1.165, 1.54) is 22.8 Å². The first-order valence-electron chi connectivity index (χ1n) is 6.07. The predicted molar refractivity (Wildman–Crippen MR) is 75.2 cm³/mol. The van der Waals surface area contributed by atoms with Crippen molar-refractivity contribution in [2.24, 2.45) is 0 Å². The van der Waals surface area contributed by atoms with Crippen molar-refractivity contribution in [1.82, 2.24) is 0 Å². The molecule has 18 heavy (non-hydrogen) atoms. The van der Waals surface area contributed by atoms with E-state index in [0.29, 0.717) is 5.56 Å². The van der Waals surface area contributed by atoms with Crippen molar-refractivity contribution < 1.29 is 4.39 Å². The van der Waals surface area contributed by atoms with Gasteiger partial charge in [-0.05, 0) is 43.0 Å². The fourth-order valence-corrected chi connectivity index (χ4v) is 2.06. The van der Waals surface area contributed by atoms with Crippen LogP contribution < -0.4 is 0 Å². The van der Waals surface area contributed by atoms with E-state index in [1.54, 1.807) is 12.1 Å². The minimum absolute atomic E-state index is 0.201. The third kappa shape index (κ3) is 2.67. The van der Waals surface area contributed by atoms with Gasteiger partial charge in [-0.1, -0.05) is 48.6 Å². The molecule has 0 spiro atoms. The van der Waals surface area contributed by atoms with E-state index >= 15 is 0 Å². The summed E-state index contributed by atoms with van der Waals surface area (Å²) in [5, 5.41) is 0. The minimum Gasteiger partial charge on any atom is -0.206 e. The van der Waals surface area contributed by atoms with Crippen molar-refractivity contribution in [3.05, 3.63) is 76.6 Å². The van der Waals surface area contributed by atoms with Crippen molar-refractivity contribution in [2.45, 2.75) is 20.3 Å². The average molecular weight is 240 g/mol. The molecule has 0 bridgehead atoms. The van der Waals surface area contributed by atoms with E-state index in [4.69, 9.17) is 0 Å². The van der Waals surface area contributed by atoms with Crippen LogP contribution in [0.5, 0.6) is 0 Å². The van der Waals surface area contributed by atoms with Gasteiger partial charge in [-0.3, -0.25) is 0 Å². The van der Waals surface area contributed by atoms with E-state index in [9.17, 15) is 4.39 Å². The monoisotopic (exact) mass is 240 g/mol. The Morgan fingerprint density at radius 3 is 2.56 bits per heavy atom. The zero-order valence-corrected chi connectivity index (χ0v) is 10.8. The van der Waals surface area contributed by atoms with Gasteiger partial charge in [0.25, 0.3) is 0 Å². The molecule has 0 saturated carbocycles. The Labute approximate surface area is 108 Å². The third-order valence-corrected chi connectivity index (χ3v) is 3.18. The molecule has 0 heterocycles. The first-order chi connectivity index (χ1) is 8.60. The zero-order valence-electron chi connectivity index (χ0n) is 10.8. The fraction of sp³-hybridized carbons (Fsp3) is 0.176. The molecule has 2 aromatic rings. The second kappa shape index (κ2) is 5.18. The van der Waals surface area contributed by atoms with Crippen LogP contribution in [0.3, 0.4) is 0 Å². The lowest BCUT2D eigenvalue weighted by Crippen LogP contribution is -1.94. The Morgan fingerprint density at radius 2 is 1.89 bits per heavy atom. The topological polar surface area (TPSA) is 0 Å². The summed E-state index contributed by atoms with van der Waals surface area (Å²) in [5.74, 6) is -0.201. The second-order valence-electron chi connectivity index (χ2n) is 4.67. The van der Waals surface area contributed by atoms with E-state index in [1.807, 2.05) is 6.07 Å². The summed E-state index contributed by atoms with van der Waals surface area (Å²) < 4.78 is 13.7. The summed E-state index contributed by atoms with van der Waals surface area (Å²) in [6.07, 6.45) is 2.30. The number of hydrogen-bond acceptors (Lipinski definition) is 0. The maximum atomic E-state index is 13.7. The van der Waals surface area contributed by atoms with E-state index in [0.717, 1.165) is 12.0 Å². The van der Waals surface area contributed by atoms with Gasteiger partial charge in [0.05, 0.1) is 0 Å². The molecule has 0 aromatic heterocycles. The number of aryl methyl sites for hydroxylation is 2. The summed E-state index contributed by atoms with van der Waals surface area (Å²) in [4.78, 5) is 0. The molecule has 0 unspecified atom stereocenters. The van der Waals surface area contributed by atoms with Crippen molar-refractivity contribution in [3.63, 3.8) is 0 Å². The highest BCUT2D eigenvalue weighted by molar-refractivity contribution is 5.49. The summed E-state index contributed by atoms with van der Waals surface area (Å²) in [6.45, 7) is 7.75. The van der Waals surface area contributed by atoms with Gasteiger partial charge in [0.15, 0.2) is 0 Å². The average Bonchev–Trinajstić information content (AvgIpc) is 2.34. The van der Waals surface area contributed by atoms with Crippen LogP contribution >= 0.6 is 0 Å². The van der Waals surface area contributed by atoms with Gasteiger partial charge in [-0.2, -0.15) is 0 Å². The van der Waals surface area contributed by atoms with Crippen LogP contribution in [-0.4, -0.2) is 0 Å². The molecule has 92 valence electrons. The summed E-state index contributed by atoms with van der Waals surface area (Å²) >= 11 is 0. The Hall–Kier alpha value is -1.89. The van der Waals surface area contributed by atoms with Crippen molar-refractivity contribution in [3.8, 4) is 0 Å². The maximum absolute atomic E-state index is 13.7. The molecule has 0 aliphatic heterocycles. The maximum Gasteiger partial charge on any atom is 0.130 e. The zero-order chi connectivity index (χ0) is 13.1. The Bertz CT molecular complexity index is 582. The van der Waals surface area contributed by atoms with Crippen LogP contribution in [0.15, 0.2) is 43.0 Å². The summed E-state index contributed by atoms with van der Waals surface area (Å²) in [7, 11) is 0. The largest absolute Gasteiger partial charge is 0.206 e. The molecule has 0 aliphatic carbocycles. The van der Waals surface area contributed by atoms with Gasteiger partial charge in [-0.15, -0.1) is 0 Å². The Balaban J connectivity index is 2.31. The molecule has 1 heteroatoms. The van der Waals surface area contributed by atoms with E-state index < -0.39 is 0 Å². The van der Waals surface area contributed by atoms with Gasteiger partial charge in [0.1, 0.15) is 5.82 Å². The lowest BCUT2D eigenvalue weighted by atomic mass is 9.98. The normalized spacial score (nSPS) is 10.4. The minimum atomic E-state index is -0.201. The first kappa shape index (κ1) is 12.6. The quantitative estimate of drug-likeness (QED) is 0.731. The summed E-state index contributed by atoms with van der Waals surface area (Å²) in [5.41, 5.74) is 5.28. The molecule has 0 fully saturated rings. The van der Waals surface area contributed by atoms with Crippen LogP contribution in [0.25, 0.3) is 6.08 Å². The highest BCUT2D eigenvalue weighted by Crippen LogP contribution is 2.18. The lowest BCUT2D eigenvalue weighted by molar-refractivity contribution is 0.623. The molecular formula is C17H17F. The van der Waals surface area contributed by atoms with Gasteiger partial charge >= 0.3 is 0 Å². The molecule has 2 rings (SSSR count). The molecule has 0 aliphatic rings. The molecule has 0 saturated heterocycles. The van der Waals surface area contributed by atoms with Crippen LogP contribution in [-0.2, 0) is 6.42 Å². The lowest BCUT2D eigenvalue weighted by Gasteiger charge is -2.08. The van der Waals surface area contributed by atoms with Gasteiger partial charge in [-0.25, -0.2) is 4.39 Å². The van der Waals surface area contributed by atoms with Crippen LogP contribution in [0.1, 0.15) is 27.8 Å². The molecule has 0 nitrogen and oxygen atoms in total. The second-order valence-corrected chi connectivity index (χ2v) is 4.67. The van der Waals surface area contributed by atoms with Crippen molar-refractivity contribution in [2.75, 3.05) is 0 Å². The van der Waals surface area contributed by atoms with Crippen LogP contribution in [0.4, 0.5) is 4.39 Å². The van der Waals surface area contributed by atoms with E-state index in [-0.39, 0.29) is 5.82 Å². The standard InChI is InChI=1S/C17H17F/c1-4-15-8-7-14(11-17(15)18)10-16-9-12(2)5-6-13(16)3/h4-9,11H,1,10H2,2-3H3. The fourth-order valence-electron chi connectivity index (χ4n) is 2.06. The van der Waals surface area contributed by atoms with Gasteiger partial charge in [0.2, 0.25) is 0 Å². The summed E-state index contributed by atoms with van der Waals surface area (Å²) in [6, 6.07) is 11.7. The Morgan fingerprint density at radius 1 is 1.11 bits per heavy atom. The third-order valence-electron chi connectivity index (χ3n) is 3.18. The number of benzene rings is 2. The number of halogens is 1. The highest BCUT2D eigenvalue weighted by atomic mass is 19.1. The van der Waals surface area contributed by atoms with Gasteiger partial charge in [0, 0.05) is 5.56 Å². The number of hydrogen-bond donors (Lipinski definition) is 0. The SMILES string of the molecule is C=Cc1ccc(Cc2cc(C)ccc2C)cc1F. The Kier molecular flexibility index (Phi) is 3.61. The molecule has 2 aromatic carbocycles. The molecule has 0 N–H and O–H groups in total. The van der Waals surface area contributed by atoms with E-state index in [2.05, 4.69) is 38.6 Å². The van der Waals surface area contributed by atoms with Crippen molar-refractivity contribution in [1.29, 1.82) is 0 Å².